The second-order valence-electron chi connectivity index (χ2n) is 7.25. The summed E-state index contributed by atoms with van der Waals surface area (Å²) in [6, 6.07) is 15.0. The second-order valence-corrected chi connectivity index (χ2v) is 8.72. The summed E-state index contributed by atoms with van der Waals surface area (Å²) >= 11 is 8.10. The van der Waals surface area contributed by atoms with Crippen LogP contribution in [0.5, 0.6) is 0 Å². The molecule has 0 saturated carbocycles. The molecule has 0 bridgehead atoms. The number of non-ortho nitro benzene ring substituents is 1. The lowest BCUT2D eigenvalue weighted by atomic mass is 10.1. The molecule has 1 aliphatic rings. The van der Waals surface area contributed by atoms with Crippen LogP contribution in [0.15, 0.2) is 48.5 Å². The quantitative estimate of drug-likeness (QED) is 0.364. The number of piperazine rings is 1. The molecule has 0 atom stereocenters. The summed E-state index contributed by atoms with van der Waals surface area (Å²) < 4.78 is 0. The van der Waals surface area contributed by atoms with Crippen molar-refractivity contribution >= 4 is 39.4 Å². The molecule has 0 N–H and O–H groups in total. The van der Waals surface area contributed by atoms with Gasteiger partial charge in [-0.05, 0) is 12.5 Å². The molecule has 0 unspecified atom stereocenters. The number of halogens is 1. The summed E-state index contributed by atoms with van der Waals surface area (Å²) in [6.45, 7) is 5.45. The molecule has 2 aromatic carbocycles. The van der Waals surface area contributed by atoms with Crippen molar-refractivity contribution in [2.24, 2.45) is 0 Å². The largest absolute Gasteiger partial charge is 0.367 e. The molecule has 30 heavy (non-hydrogen) atoms. The highest BCUT2D eigenvalue weighted by Gasteiger charge is 2.23. The number of aromatic nitrogens is 1. The van der Waals surface area contributed by atoms with Crippen LogP contribution in [0.25, 0.3) is 11.3 Å². The predicted octanol–water partition coefficient (Wildman–Crippen LogP) is 5.65. The number of nitrogens with zero attached hydrogens (tertiary/aromatic N) is 4. The lowest BCUT2D eigenvalue weighted by molar-refractivity contribution is -0.384. The van der Waals surface area contributed by atoms with Crippen LogP contribution >= 0.6 is 22.9 Å². The smallest absolute Gasteiger partial charge is 0.271 e. The summed E-state index contributed by atoms with van der Waals surface area (Å²) in [7, 11) is 0. The Morgan fingerprint density at radius 3 is 2.43 bits per heavy atom. The third-order valence-corrected chi connectivity index (χ3v) is 6.72. The molecule has 8 heteroatoms. The molecule has 1 aromatic heterocycles. The number of thiazole rings is 1. The van der Waals surface area contributed by atoms with E-state index in [0.717, 1.165) is 55.5 Å². The molecule has 1 fully saturated rings. The molecule has 0 amide bonds. The van der Waals surface area contributed by atoms with E-state index in [4.69, 9.17) is 16.6 Å². The monoisotopic (exact) mass is 442 g/mol. The van der Waals surface area contributed by atoms with Gasteiger partial charge in [-0.3, -0.25) is 10.1 Å². The number of anilines is 2. The molecule has 0 radical (unpaired) electrons. The van der Waals surface area contributed by atoms with Gasteiger partial charge < -0.3 is 9.80 Å². The van der Waals surface area contributed by atoms with Crippen molar-refractivity contribution in [1.29, 1.82) is 0 Å². The zero-order chi connectivity index (χ0) is 21.1. The maximum Gasteiger partial charge on any atom is 0.271 e. The number of benzene rings is 2. The average Bonchev–Trinajstić information content (AvgIpc) is 3.18. The standard InChI is InChI=1S/C22H23ClN4O2S/c1-2-6-20-21(16-7-4-3-5-8-16)24-22(30-20)26-13-11-25(12-14-26)19-10-9-17(27(28)29)15-18(19)23/h3-5,7-10,15H,2,6,11-14H2,1H3. The van der Waals surface area contributed by atoms with E-state index < -0.39 is 4.92 Å². The molecule has 1 saturated heterocycles. The maximum atomic E-state index is 10.9. The average molecular weight is 443 g/mol. The van der Waals surface area contributed by atoms with E-state index in [-0.39, 0.29) is 5.69 Å². The van der Waals surface area contributed by atoms with Gasteiger partial charge in [-0.25, -0.2) is 4.98 Å². The molecular weight excluding hydrogens is 420 g/mol. The fraction of sp³-hybridized carbons (Fsp3) is 0.318. The number of rotatable bonds is 6. The molecule has 3 aromatic rings. The highest BCUT2D eigenvalue weighted by atomic mass is 35.5. The van der Waals surface area contributed by atoms with E-state index in [1.807, 2.05) is 6.07 Å². The van der Waals surface area contributed by atoms with E-state index >= 15 is 0 Å². The summed E-state index contributed by atoms with van der Waals surface area (Å²) in [6.07, 6.45) is 2.12. The molecule has 4 rings (SSSR count). The van der Waals surface area contributed by atoms with Crippen molar-refractivity contribution in [2.75, 3.05) is 36.0 Å². The molecule has 1 aliphatic heterocycles. The molecule has 0 spiro atoms. The van der Waals surface area contributed by atoms with Crippen LogP contribution in [0.1, 0.15) is 18.2 Å². The topological polar surface area (TPSA) is 62.5 Å². The number of aryl methyl sites for hydroxylation is 1. The Balaban J connectivity index is 1.50. The van der Waals surface area contributed by atoms with Gasteiger partial charge in [0.15, 0.2) is 5.13 Å². The van der Waals surface area contributed by atoms with Crippen LogP contribution < -0.4 is 9.80 Å². The van der Waals surface area contributed by atoms with E-state index in [9.17, 15) is 10.1 Å². The summed E-state index contributed by atoms with van der Waals surface area (Å²) in [5.74, 6) is 0. The third kappa shape index (κ3) is 4.27. The summed E-state index contributed by atoms with van der Waals surface area (Å²) in [5, 5.41) is 12.4. The van der Waals surface area contributed by atoms with Crippen molar-refractivity contribution in [3.05, 3.63) is 68.5 Å². The van der Waals surface area contributed by atoms with Crippen molar-refractivity contribution in [2.45, 2.75) is 19.8 Å². The minimum atomic E-state index is -0.422. The van der Waals surface area contributed by atoms with Crippen molar-refractivity contribution in [3.8, 4) is 11.3 Å². The van der Waals surface area contributed by atoms with Gasteiger partial charge in [0.25, 0.3) is 5.69 Å². The van der Waals surface area contributed by atoms with E-state index in [1.165, 1.54) is 22.6 Å². The normalized spacial score (nSPS) is 14.2. The van der Waals surface area contributed by atoms with Crippen molar-refractivity contribution < 1.29 is 4.92 Å². The molecule has 156 valence electrons. The minimum Gasteiger partial charge on any atom is -0.367 e. The van der Waals surface area contributed by atoms with Gasteiger partial charge in [0.2, 0.25) is 0 Å². The number of nitro benzene ring substituents is 1. The van der Waals surface area contributed by atoms with Crippen molar-refractivity contribution in [1.82, 2.24) is 4.98 Å². The van der Waals surface area contributed by atoms with Gasteiger partial charge in [0, 0.05) is 48.8 Å². The number of hydrogen-bond acceptors (Lipinski definition) is 6. The third-order valence-electron chi connectivity index (χ3n) is 5.24. The zero-order valence-electron chi connectivity index (χ0n) is 16.8. The Bertz CT molecular complexity index is 1030. The summed E-state index contributed by atoms with van der Waals surface area (Å²) in [5.41, 5.74) is 3.12. The van der Waals surface area contributed by atoms with Crippen LogP contribution in [0, 0.1) is 10.1 Å². The first-order valence-electron chi connectivity index (χ1n) is 10.1. The Hall–Kier alpha value is -2.64. The van der Waals surface area contributed by atoms with Crippen LogP contribution in [0.3, 0.4) is 0 Å². The Kier molecular flexibility index (Phi) is 6.20. The number of hydrogen-bond donors (Lipinski definition) is 0. The first kappa shape index (κ1) is 20.6. The highest BCUT2D eigenvalue weighted by Crippen LogP contribution is 2.35. The SMILES string of the molecule is CCCc1sc(N2CCN(c3ccc([N+](=O)[O-])cc3Cl)CC2)nc1-c1ccccc1. The fourth-order valence-corrected chi connectivity index (χ4v) is 5.23. The molecule has 2 heterocycles. The highest BCUT2D eigenvalue weighted by molar-refractivity contribution is 7.16. The van der Waals surface area contributed by atoms with Gasteiger partial charge in [-0.15, -0.1) is 11.3 Å². The van der Waals surface area contributed by atoms with Gasteiger partial charge >= 0.3 is 0 Å². The maximum absolute atomic E-state index is 10.9. The minimum absolute atomic E-state index is 0.0158. The van der Waals surface area contributed by atoms with E-state index in [0.29, 0.717) is 5.02 Å². The lowest BCUT2D eigenvalue weighted by Gasteiger charge is -2.36. The van der Waals surface area contributed by atoms with Gasteiger partial charge in [-0.2, -0.15) is 0 Å². The molecule has 6 nitrogen and oxygen atoms in total. The van der Waals surface area contributed by atoms with Gasteiger partial charge in [-0.1, -0.05) is 55.3 Å². The fourth-order valence-electron chi connectivity index (χ4n) is 3.70. The van der Waals surface area contributed by atoms with Gasteiger partial charge in [0.05, 0.1) is 21.3 Å². The predicted molar refractivity (Wildman–Crippen MR) is 124 cm³/mol. The second kappa shape index (κ2) is 9.02. The lowest BCUT2D eigenvalue weighted by Crippen LogP contribution is -2.46. The van der Waals surface area contributed by atoms with Crippen molar-refractivity contribution in [3.63, 3.8) is 0 Å². The Labute approximate surface area is 184 Å². The first-order valence-corrected chi connectivity index (χ1v) is 11.2. The van der Waals surface area contributed by atoms with Crippen LogP contribution in [0.2, 0.25) is 5.02 Å². The Morgan fingerprint density at radius 1 is 1.10 bits per heavy atom. The number of nitro groups is 1. The van der Waals surface area contributed by atoms with Crippen LogP contribution in [-0.4, -0.2) is 36.1 Å². The summed E-state index contributed by atoms with van der Waals surface area (Å²) in [4.78, 5) is 21.4. The van der Waals surface area contributed by atoms with E-state index in [2.05, 4.69) is 41.0 Å². The van der Waals surface area contributed by atoms with Crippen LogP contribution in [0.4, 0.5) is 16.5 Å². The van der Waals surface area contributed by atoms with Gasteiger partial charge in [0.1, 0.15) is 0 Å². The zero-order valence-corrected chi connectivity index (χ0v) is 18.3. The Morgan fingerprint density at radius 2 is 1.80 bits per heavy atom. The van der Waals surface area contributed by atoms with E-state index in [1.54, 1.807) is 17.4 Å². The first-order chi connectivity index (χ1) is 14.6. The molecule has 0 aliphatic carbocycles. The molecular formula is C22H23ClN4O2S. The van der Waals surface area contributed by atoms with Crippen LogP contribution in [-0.2, 0) is 6.42 Å².